The molecule has 34 heavy (non-hydrogen) atoms. The molecule has 8 heteroatoms. The van der Waals surface area contributed by atoms with Crippen LogP contribution in [0.5, 0.6) is 5.75 Å². The third-order valence-electron chi connectivity index (χ3n) is 5.01. The van der Waals surface area contributed by atoms with Gasteiger partial charge >= 0.3 is 11.9 Å². The van der Waals surface area contributed by atoms with E-state index in [1.807, 2.05) is 63.2 Å². The molecule has 8 nitrogen and oxygen atoms in total. The van der Waals surface area contributed by atoms with E-state index in [9.17, 15) is 19.5 Å². The second-order valence-corrected chi connectivity index (χ2v) is 9.12. The molecule has 0 saturated heterocycles. The normalized spacial score (nSPS) is 13.9. The van der Waals surface area contributed by atoms with Gasteiger partial charge in [-0.25, -0.2) is 4.79 Å². The van der Waals surface area contributed by atoms with Crippen LogP contribution in [0.25, 0.3) is 0 Å². The molecule has 0 heterocycles. The molecular formula is C26H34N2O6. The predicted molar refractivity (Wildman–Crippen MR) is 129 cm³/mol. The Morgan fingerprint density at radius 3 is 2.00 bits per heavy atom. The minimum atomic E-state index is -1.13. The molecule has 0 aromatic heterocycles. The zero-order valence-corrected chi connectivity index (χ0v) is 20.3. The molecule has 0 fully saturated rings. The summed E-state index contributed by atoms with van der Waals surface area (Å²) in [6.45, 7) is 7.45. The van der Waals surface area contributed by atoms with Gasteiger partial charge in [-0.05, 0) is 57.4 Å². The van der Waals surface area contributed by atoms with Gasteiger partial charge in [0.05, 0.1) is 13.2 Å². The van der Waals surface area contributed by atoms with Crippen molar-refractivity contribution >= 4 is 17.8 Å². The fraction of sp³-hybridized carbons (Fsp3) is 0.423. The maximum absolute atomic E-state index is 12.7. The number of benzene rings is 2. The van der Waals surface area contributed by atoms with Crippen LogP contribution in [0.3, 0.4) is 0 Å². The monoisotopic (exact) mass is 470 g/mol. The van der Waals surface area contributed by atoms with Gasteiger partial charge in [0.25, 0.3) is 0 Å². The molecule has 0 radical (unpaired) electrons. The first-order chi connectivity index (χ1) is 16.0. The number of ether oxygens (including phenoxy) is 2. The summed E-state index contributed by atoms with van der Waals surface area (Å²) in [5, 5.41) is 15.1. The van der Waals surface area contributed by atoms with Crippen molar-refractivity contribution in [1.29, 1.82) is 0 Å². The third-order valence-corrected chi connectivity index (χ3v) is 5.01. The first-order valence-electron chi connectivity index (χ1n) is 11.2. The van der Waals surface area contributed by atoms with Gasteiger partial charge in [-0.3, -0.25) is 14.9 Å². The number of rotatable bonds is 11. The maximum Gasteiger partial charge on any atom is 0.326 e. The maximum atomic E-state index is 12.7. The number of amides is 1. The van der Waals surface area contributed by atoms with Crippen molar-refractivity contribution in [1.82, 2.24) is 10.6 Å². The molecule has 0 spiro atoms. The quantitative estimate of drug-likeness (QED) is 0.433. The lowest BCUT2D eigenvalue weighted by molar-refractivity contribution is -0.144. The van der Waals surface area contributed by atoms with Crippen molar-refractivity contribution in [3.8, 4) is 5.75 Å². The van der Waals surface area contributed by atoms with Crippen molar-refractivity contribution < 1.29 is 29.0 Å². The summed E-state index contributed by atoms with van der Waals surface area (Å²) in [6.07, 6.45) is 0.435. The van der Waals surface area contributed by atoms with E-state index in [0.29, 0.717) is 5.75 Å². The molecule has 2 rings (SSSR count). The average molecular weight is 471 g/mol. The number of nitrogens with one attached hydrogen (secondary N) is 2. The molecular weight excluding hydrogens is 436 g/mol. The number of carboxylic acid groups (broad SMARTS) is 1. The number of hydrogen-bond donors (Lipinski definition) is 3. The number of carbonyl (C=O) groups is 3. The zero-order valence-electron chi connectivity index (χ0n) is 20.3. The SMILES string of the molecule is COC(=O)[C@H](Cc1ccc(OC(C)(C)C)cc1)N[C@@H](C)C(=O)N[C@@H](Cc1ccccc1)C(=O)O. The van der Waals surface area contributed by atoms with Crippen LogP contribution < -0.4 is 15.4 Å². The minimum absolute atomic E-state index is 0.151. The standard InChI is InChI=1S/C26H34N2O6/c1-17(23(29)28-21(24(30)31)15-18-9-7-6-8-10-18)27-22(25(32)33-5)16-19-11-13-20(14-12-19)34-26(2,3)4/h6-14,17,21-22,27H,15-16H2,1-5H3,(H,28,29)(H,30,31)/t17-,21-,22-/m0/s1. The van der Waals surface area contributed by atoms with Gasteiger partial charge in [0.15, 0.2) is 0 Å². The Bertz CT molecular complexity index is 954. The molecule has 3 N–H and O–H groups in total. The topological polar surface area (TPSA) is 114 Å². The Morgan fingerprint density at radius 2 is 1.47 bits per heavy atom. The van der Waals surface area contributed by atoms with Crippen LogP contribution in [0.4, 0.5) is 0 Å². The number of hydrogen-bond acceptors (Lipinski definition) is 6. The van der Waals surface area contributed by atoms with Crippen molar-refractivity contribution in [2.75, 3.05) is 7.11 Å². The van der Waals surface area contributed by atoms with Crippen LogP contribution in [-0.2, 0) is 32.0 Å². The zero-order chi connectivity index (χ0) is 25.3. The number of esters is 1. The number of carbonyl (C=O) groups excluding carboxylic acids is 2. The van der Waals surface area contributed by atoms with Crippen molar-refractivity contribution in [2.24, 2.45) is 0 Å². The Balaban J connectivity index is 2.03. The van der Waals surface area contributed by atoms with E-state index in [2.05, 4.69) is 10.6 Å². The molecule has 1 amide bonds. The molecule has 0 bridgehead atoms. The predicted octanol–water partition coefficient (Wildman–Crippen LogP) is 2.74. The molecule has 2 aromatic carbocycles. The van der Waals surface area contributed by atoms with Crippen LogP contribution in [0.15, 0.2) is 54.6 Å². The van der Waals surface area contributed by atoms with Crippen LogP contribution in [0, 0.1) is 0 Å². The van der Waals surface area contributed by atoms with E-state index >= 15 is 0 Å². The van der Waals surface area contributed by atoms with Gasteiger partial charge in [0.1, 0.15) is 23.4 Å². The fourth-order valence-electron chi connectivity index (χ4n) is 3.36. The Morgan fingerprint density at radius 1 is 0.912 bits per heavy atom. The van der Waals surface area contributed by atoms with Gasteiger partial charge in [-0.1, -0.05) is 42.5 Å². The largest absolute Gasteiger partial charge is 0.488 e. The highest BCUT2D eigenvalue weighted by molar-refractivity contribution is 5.87. The van der Waals surface area contributed by atoms with Gasteiger partial charge < -0.3 is 19.9 Å². The van der Waals surface area contributed by atoms with Gasteiger partial charge in [0, 0.05) is 6.42 Å². The van der Waals surface area contributed by atoms with Crippen molar-refractivity contribution in [3.63, 3.8) is 0 Å². The molecule has 0 aliphatic rings. The van der Waals surface area contributed by atoms with E-state index in [4.69, 9.17) is 9.47 Å². The first kappa shape index (κ1) is 26.9. The molecule has 0 aliphatic carbocycles. The summed E-state index contributed by atoms with van der Waals surface area (Å²) in [5.74, 6) is -1.46. The average Bonchev–Trinajstić information content (AvgIpc) is 2.78. The van der Waals surface area contributed by atoms with Crippen LogP contribution in [0.2, 0.25) is 0 Å². The molecule has 184 valence electrons. The lowest BCUT2D eigenvalue weighted by Gasteiger charge is -2.23. The summed E-state index contributed by atoms with van der Waals surface area (Å²) in [7, 11) is 1.28. The molecule has 3 atom stereocenters. The lowest BCUT2D eigenvalue weighted by Crippen LogP contribution is -2.54. The summed E-state index contributed by atoms with van der Waals surface area (Å²) in [5.41, 5.74) is 1.32. The van der Waals surface area contributed by atoms with Crippen molar-refractivity contribution in [3.05, 3.63) is 65.7 Å². The molecule has 0 unspecified atom stereocenters. The van der Waals surface area contributed by atoms with E-state index < -0.39 is 36.0 Å². The summed E-state index contributed by atoms with van der Waals surface area (Å²) >= 11 is 0. The first-order valence-corrected chi connectivity index (χ1v) is 11.2. The summed E-state index contributed by atoms with van der Waals surface area (Å²) in [4.78, 5) is 36.8. The van der Waals surface area contributed by atoms with Gasteiger partial charge in [-0.15, -0.1) is 0 Å². The van der Waals surface area contributed by atoms with Crippen LogP contribution in [-0.4, -0.2) is 53.8 Å². The highest BCUT2D eigenvalue weighted by atomic mass is 16.5. The van der Waals surface area contributed by atoms with E-state index in [0.717, 1.165) is 11.1 Å². The summed E-state index contributed by atoms with van der Waals surface area (Å²) in [6, 6.07) is 13.7. The summed E-state index contributed by atoms with van der Waals surface area (Å²) < 4.78 is 10.7. The number of aliphatic carboxylic acids is 1. The fourth-order valence-corrected chi connectivity index (χ4v) is 3.36. The van der Waals surface area contributed by atoms with Crippen molar-refractivity contribution in [2.45, 2.75) is 64.3 Å². The molecule has 0 saturated carbocycles. The van der Waals surface area contributed by atoms with Gasteiger partial charge in [0.2, 0.25) is 5.91 Å². The van der Waals surface area contributed by atoms with E-state index in [-0.39, 0.29) is 18.4 Å². The van der Waals surface area contributed by atoms with Gasteiger partial charge in [-0.2, -0.15) is 0 Å². The minimum Gasteiger partial charge on any atom is -0.488 e. The highest BCUT2D eigenvalue weighted by Crippen LogP contribution is 2.19. The smallest absolute Gasteiger partial charge is 0.326 e. The lowest BCUT2D eigenvalue weighted by atomic mass is 10.0. The highest BCUT2D eigenvalue weighted by Gasteiger charge is 2.28. The molecule has 0 aliphatic heterocycles. The Hall–Kier alpha value is -3.39. The number of methoxy groups -OCH3 is 1. The Labute approximate surface area is 200 Å². The number of carboxylic acids is 1. The Kier molecular flexibility index (Phi) is 9.62. The molecule has 2 aromatic rings. The third kappa shape index (κ3) is 8.86. The van der Waals surface area contributed by atoms with E-state index in [1.54, 1.807) is 19.1 Å². The second-order valence-electron chi connectivity index (χ2n) is 9.12. The second kappa shape index (κ2) is 12.2. The van der Waals surface area contributed by atoms with Crippen LogP contribution >= 0.6 is 0 Å². The van der Waals surface area contributed by atoms with Crippen LogP contribution in [0.1, 0.15) is 38.8 Å². The van der Waals surface area contributed by atoms with E-state index in [1.165, 1.54) is 7.11 Å².